The lowest BCUT2D eigenvalue weighted by Gasteiger charge is -2.07. The van der Waals surface area contributed by atoms with E-state index < -0.39 is 35.6 Å². The lowest BCUT2D eigenvalue weighted by molar-refractivity contribution is -0.0551. The fourth-order valence-electron chi connectivity index (χ4n) is 0.747. The van der Waals surface area contributed by atoms with Crippen LogP contribution in [0.5, 0.6) is 5.75 Å². The van der Waals surface area contributed by atoms with Crippen molar-refractivity contribution in [1.82, 2.24) is 0 Å². The minimum Gasteiger partial charge on any atom is -0.428 e. The molecule has 0 atom stereocenters. The Morgan fingerprint density at radius 1 is 0.929 bits per heavy atom. The molecule has 0 amide bonds. The number of hydrogen-bond donors (Lipinski definition) is 0. The molecule has 14 heavy (non-hydrogen) atoms. The van der Waals surface area contributed by atoms with Crippen LogP contribution >= 0.6 is 0 Å². The summed E-state index contributed by atoms with van der Waals surface area (Å²) in [7, 11) is 0. The summed E-state index contributed by atoms with van der Waals surface area (Å²) in [5.41, 5.74) is 0. The zero-order valence-electron chi connectivity index (χ0n) is 6.33. The van der Waals surface area contributed by atoms with E-state index in [1.807, 2.05) is 0 Å². The Hall–Kier alpha value is -1.40. The van der Waals surface area contributed by atoms with Crippen molar-refractivity contribution in [2.75, 3.05) is 0 Å². The SMILES string of the molecule is Fc1cc(F)c(OC(F)F)c(F)c1F. The summed E-state index contributed by atoms with van der Waals surface area (Å²) in [4.78, 5) is 0. The molecule has 0 aliphatic carbocycles. The van der Waals surface area contributed by atoms with Crippen LogP contribution in [-0.4, -0.2) is 6.61 Å². The van der Waals surface area contributed by atoms with Gasteiger partial charge in [-0.15, -0.1) is 0 Å². The zero-order valence-corrected chi connectivity index (χ0v) is 6.33. The molecule has 0 spiro atoms. The first-order valence-electron chi connectivity index (χ1n) is 3.21. The summed E-state index contributed by atoms with van der Waals surface area (Å²) in [6.45, 7) is -3.52. The van der Waals surface area contributed by atoms with Crippen LogP contribution in [0.1, 0.15) is 0 Å². The fraction of sp³-hybridized carbons (Fsp3) is 0.143. The van der Waals surface area contributed by atoms with Gasteiger partial charge in [-0.2, -0.15) is 13.2 Å². The standard InChI is InChI=1S/C7H2F6O/c8-2-1-3(9)6(14-7(12)13)5(11)4(2)10/h1,7H. The van der Waals surface area contributed by atoms with Gasteiger partial charge in [0.2, 0.25) is 11.6 Å². The smallest absolute Gasteiger partial charge is 0.387 e. The van der Waals surface area contributed by atoms with Crippen molar-refractivity contribution >= 4 is 0 Å². The third-order valence-electron chi connectivity index (χ3n) is 1.28. The predicted octanol–water partition coefficient (Wildman–Crippen LogP) is 2.84. The molecule has 0 heterocycles. The van der Waals surface area contributed by atoms with Gasteiger partial charge in [0.05, 0.1) is 0 Å². The van der Waals surface area contributed by atoms with Crippen LogP contribution in [0.3, 0.4) is 0 Å². The first kappa shape index (κ1) is 10.7. The second-order valence-electron chi connectivity index (χ2n) is 2.18. The number of rotatable bonds is 2. The van der Waals surface area contributed by atoms with Crippen molar-refractivity contribution in [1.29, 1.82) is 0 Å². The van der Waals surface area contributed by atoms with E-state index in [9.17, 15) is 26.3 Å². The maximum Gasteiger partial charge on any atom is 0.387 e. The molecule has 0 fully saturated rings. The summed E-state index contributed by atoms with van der Waals surface area (Å²) in [6.07, 6.45) is 0. The molecule has 0 N–H and O–H groups in total. The average molecular weight is 216 g/mol. The normalized spacial score (nSPS) is 10.8. The maximum atomic E-state index is 12.6. The topological polar surface area (TPSA) is 9.23 Å². The summed E-state index contributed by atoms with van der Waals surface area (Å²) < 4.78 is 76.2. The highest BCUT2D eigenvalue weighted by Gasteiger charge is 2.22. The Labute approximate surface area is 73.9 Å². The Bertz CT molecular complexity index is 351. The quantitative estimate of drug-likeness (QED) is 0.419. The van der Waals surface area contributed by atoms with Crippen LogP contribution in [0.2, 0.25) is 0 Å². The van der Waals surface area contributed by atoms with E-state index in [1.54, 1.807) is 0 Å². The number of hydrogen-bond acceptors (Lipinski definition) is 1. The Morgan fingerprint density at radius 3 is 2.00 bits per heavy atom. The van der Waals surface area contributed by atoms with Gasteiger partial charge in [-0.25, -0.2) is 13.2 Å². The molecule has 0 saturated heterocycles. The van der Waals surface area contributed by atoms with Crippen molar-refractivity contribution in [2.24, 2.45) is 0 Å². The van der Waals surface area contributed by atoms with Crippen molar-refractivity contribution in [3.05, 3.63) is 29.3 Å². The van der Waals surface area contributed by atoms with Crippen molar-refractivity contribution in [3.63, 3.8) is 0 Å². The zero-order chi connectivity index (χ0) is 10.9. The molecular formula is C7H2F6O. The van der Waals surface area contributed by atoms with E-state index in [4.69, 9.17) is 0 Å². The molecule has 1 nitrogen and oxygen atoms in total. The second kappa shape index (κ2) is 3.77. The van der Waals surface area contributed by atoms with Crippen molar-refractivity contribution in [3.8, 4) is 5.75 Å². The van der Waals surface area contributed by atoms with Crippen LogP contribution < -0.4 is 4.74 Å². The Kier molecular flexibility index (Phi) is 2.87. The average Bonchev–Trinajstić information content (AvgIpc) is 2.09. The monoisotopic (exact) mass is 216 g/mol. The Morgan fingerprint density at radius 2 is 1.50 bits per heavy atom. The summed E-state index contributed by atoms with van der Waals surface area (Å²) >= 11 is 0. The van der Waals surface area contributed by atoms with Crippen LogP contribution in [0.15, 0.2) is 6.07 Å². The number of alkyl halides is 2. The number of benzene rings is 1. The van der Waals surface area contributed by atoms with E-state index in [0.717, 1.165) is 0 Å². The van der Waals surface area contributed by atoms with Gasteiger partial charge in [-0.1, -0.05) is 0 Å². The van der Waals surface area contributed by atoms with Crippen molar-refractivity contribution in [2.45, 2.75) is 6.61 Å². The number of halogens is 6. The van der Waals surface area contributed by atoms with E-state index in [0.29, 0.717) is 0 Å². The molecular weight excluding hydrogens is 214 g/mol. The first-order chi connectivity index (χ1) is 6.43. The summed E-state index contributed by atoms with van der Waals surface area (Å²) in [6, 6.07) is -0.0872. The molecule has 0 aromatic heterocycles. The van der Waals surface area contributed by atoms with Gasteiger partial charge in [0, 0.05) is 6.07 Å². The lowest BCUT2D eigenvalue weighted by Crippen LogP contribution is -2.08. The van der Waals surface area contributed by atoms with Gasteiger partial charge >= 0.3 is 6.61 Å². The molecule has 78 valence electrons. The largest absolute Gasteiger partial charge is 0.428 e. The van der Waals surface area contributed by atoms with E-state index in [1.165, 1.54) is 0 Å². The van der Waals surface area contributed by atoms with Crippen LogP contribution in [0.25, 0.3) is 0 Å². The van der Waals surface area contributed by atoms with Gasteiger partial charge in [-0.3, -0.25) is 0 Å². The van der Waals surface area contributed by atoms with Crippen LogP contribution in [0, 0.1) is 23.3 Å². The van der Waals surface area contributed by atoms with Gasteiger partial charge in [0.25, 0.3) is 0 Å². The third-order valence-corrected chi connectivity index (χ3v) is 1.28. The molecule has 1 aromatic rings. The van der Waals surface area contributed by atoms with Crippen molar-refractivity contribution < 1.29 is 31.1 Å². The van der Waals surface area contributed by atoms with Gasteiger partial charge < -0.3 is 4.74 Å². The summed E-state index contributed by atoms with van der Waals surface area (Å²) in [5.74, 6) is -9.38. The minimum atomic E-state index is -3.52. The molecule has 0 saturated carbocycles. The highest BCUT2D eigenvalue weighted by Crippen LogP contribution is 2.27. The number of ether oxygens (including phenoxy) is 1. The molecule has 0 unspecified atom stereocenters. The van der Waals surface area contributed by atoms with Crippen LogP contribution in [0.4, 0.5) is 26.3 Å². The highest BCUT2D eigenvalue weighted by atomic mass is 19.3. The second-order valence-corrected chi connectivity index (χ2v) is 2.18. The van der Waals surface area contributed by atoms with Gasteiger partial charge in [0.15, 0.2) is 17.5 Å². The molecule has 1 rings (SSSR count). The first-order valence-corrected chi connectivity index (χ1v) is 3.21. The van der Waals surface area contributed by atoms with Gasteiger partial charge in [0.1, 0.15) is 0 Å². The minimum absolute atomic E-state index is 0.0872. The highest BCUT2D eigenvalue weighted by molar-refractivity contribution is 5.28. The molecule has 0 radical (unpaired) electrons. The molecule has 7 heteroatoms. The van der Waals surface area contributed by atoms with E-state index in [2.05, 4.69) is 4.74 Å². The van der Waals surface area contributed by atoms with Crippen LogP contribution in [-0.2, 0) is 0 Å². The molecule has 1 aromatic carbocycles. The third kappa shape index (κ3) is 1.91. The van der Waals surface area contributed by atoms with Gasteiger partial charge in [-0.05, 0) is 0 Å². The Balaban J connectivity index is 3.22. The maximum absolute atomic E-state index is 12.6. The van der Waals surface area contributed by atoms with E-state index >= 15 is 0 Å². The summed E-state index contributed by atoms with van der Waals surface area (Å²) in [5, 5.41) is 0. The molecule has 0 bridgehead atoms. The lowest BCUT2D eigenvalue weighted by atomic mass is 10.3. The molecule has 0 aliphatic rings. The predicted molar refractivity (Wildman–Crippen MR) is 32.9 cm³/mol. The molecule has 0 aliphatic heterocycles. The fourth-order valence-corrected chi connectivity index (χ4v) is 0.747. The van der Waals surface area contributed by atoms with E-state index in [-0.39, 0.29) is 6.07 Å².